The fraction of sp³-hybridized carbons (Fsp3) is 0.333. The van der Waals surface area contributed by atoms with Crippen molar-refractivity contribution in [3.8, 4) is 0 Å². The van der Waals surface area contributed by atoms with Crippen molar-refractivity contribution < 1.29 is 18.7 Å². The van der Waals surface area contributed by atoms with Crippen molar-refractivity contribution in [1.82, 2.24) is 5.32 Å². The van der Waals surface area contributed by atoms with E-state index in [1.54, 1.807) is 0 Å². The molecule has 98 valence electrons. The Morgan fingerprint density at radius 1 is 1.39 bits per heavy atom. The average molecular weight is 318 g/mol. The van der Waals surface area contributed by atoms with Gasteiger partial charge in [0.1, 0.15) is 11.4 Å². The summed E-state index contributed by atoms with van der Waals surface area (Å²) in [6, 6.07) is 4.35. The highest BCUT2D eigenvalue weighted by Crippen LogP contribution is 2.19. The van der Waals surface area contributed by atoms with E-state index in [1.165, 1.54) is 39.2 Å². The van der Waals surface area contributed by atoms with Gasteiger partial charge in [0.15, 0.2) is 0 Å². The number of carbonyl (C=O) groups excluding carboxylic acids is 2. The molecule has 0 fully saturated rings. The zero-order valence-electron chi connectivity index (χ0n) is 10.2. The van der Waals surface area contributed by atoms with Crippen molar-refractivity contribution in [1.29, 1.82) is 0 Å². The van der Waals surface area contributed by atoms with Gasteiger partial charge >= 0.3 is 5.97 Å². The van der Waals surface area contributed by atoms with Gasteiger partial charge in [-0.25, -0.2) is 9.18 Å². The van der Waals surface area contributed by atoms with Crippen LogP contribution in [-0.2, 0) is 9.53 Å². The molecular weight excluding hydrogens is 305 g/mol. The molecule has 0 aromatic heterocycles. The lowest BCUT2D eigenvalue weighted by atomic mass is 10.0. The molecule has 0 spiro atoms. The van der Waals surface area contributed by atoms with Gasteiger partial charge in [0.05, 0.1) is 17.1 Å². The van der Waals surface area contributed by atoms with Crippen LogP contribution in [0.5, 0.6) is 0 Å². The van der Waals surface area contributed by atoms with E-state index in [1.807, 2.05) is 0 Å². The molecule has 0 radical (unpaired) electrons. The second kappa shape index (κ2) is 5.48. The first-order chi connectivity index (χ1) is 8.29. The molecule has 0 aliphatic carbocycles. The normalized spacial score (nSPS) is 10.9. The molecule has 4 nitrogen and oxygen atoms in total. The number of benzene rings is 1. The first kappa shape index (κ1) is 14.6. The molecule has 0 unspecified atom stereocenters. The van der Waals surface area contributed by atoms with Crippen LogP contribution in [0.1, 0.15) is 24.2 Å². The first-order valence-corrected chi connectivity index (χ1v) is 5.94. The van der Waals surface area contributed by atoms with Gasteiger partial charge in [-0.15, -0.1) is 0 Å². The SMILES string of the molecule is COC(=O)C(C)(C)NC(=O)c1cccc(Br)c1F. The van der Waals surface area contributed by atoms with Gasteiger partial charge in [-0.05, 0) is 41.9 Å². The maximum absolute atomic E-state index is 13.7. The highest BCUT2D eigenvalue weighted by molar-refractivity contribution is 9.10. The van der Waals surface area contributed by atoms with E-state index in [0.717, 1.165) is 0 Å². The summed E-state index contributed by atoms with van der Waals surface area (Å²) in [6.45, 7) is 2.96. The fourth-order valence-corrected chi connectivity index (χ4v) is 1.70. The zero-order valence-corrected chi connectivity index (χ0v) is 11.8. The molecular formula is C12H13BrFNO3. The largest absolute Gasteiger partial charge is 0.467 e. The van der Waals surface area contributed by atoms with Crippen LogP contribution in [-0.4, -0.2) is 24.5 Å². The van der Waals surface area contributed by atoms with E-state index < -0.39 is 23.2 Å². The Morgan fingerprint density at radius 2 is 2.00 bits per heavy atom. The van der Waals surface area contributed by atoms with Crippen LogP contribution < -0.4 is 5.32 Å². The van der Waals surface area contributed by atoms with Crippen molar-refractivity contribution in [2.45, 2.75) is 19.4 Å². The van der Waals surface area contributed by atoms with Crippen LogP contribution in [0.25, 0.3) is 0 Å². The number of carbonyl (C=O) groups is 2. The molecule has 0 bridgehead atoms. The van der Waals surface area contributed by atoms with Gasteiger partial charge in [-0.3, -0.25) is 4.79 Å². The lowest BCUT2D eigenvalue weighted by Gasteiger charge is -2.23. The van der Waals surface area contributed by atoms with E-state index in [0.29, 0.717) is 0 Å². The number of ether oxygens (including phenoxy) is 1. The lowest BCUT2D eigenvalue weighted by Crippen LogP contribution is -2.50. The van der Waals surface area contributed by atoms with Gasteiger partial charge < -0.3 is 10.1 Å². The molecule has 18 heavy (non-hydrogen) atoms. The Hall–Kier alpha value is -1.43. The molecule has 0 aliphatic heterocycles. The summed E-state index contributed by atoms with van der Waals surface area (Å²) < 4.78 is 18.4. The Kier molecular flexibility index (Phi) is 4.45. The number of hydrogen-bond donors (Lipinski definition) is 1. The second-order valence-electron chi connectivity index (χ2n) is 4.17. The minimum Gasteiger partial charge on any atom is -0.467 e. The Bertz CT molecular complexity index is 488. The van der Waals surface area contributed by atoms with Gasteiger partial charge in [0.25, 0.3) is 5.91 Å². The van der Waals surface area contributed by atoms with Crippen LogP contribution in [0.3, 0.4) is 0 Å². The molecule has 0 saturated carbocycles. The van der Waals surface area contributed by atoms with Crippen molar-refractivity contribution >= 4 is 27.8 Å². The minimum absolute atomic E-state index is 0.138. The molecule has 1 amide bonds. The molecule has 1 N–H and O–H groups in total. The lowest BCUT2D eigenvalue weighted by molar-refractivity contribution is -0.146. The molecule has 0 saturated heterocycles. The Morgan fingerprint density at radius 3 is 2.56 bits per heavy atom. The maximum Gasteiger partial charge on any atom is 0.330 e. The average Bonchev–Trinajstić information content (AvgIpc) is 2.30. The number of amides is 1. The summed E-state index contributed by atoms with van der Waals surface area (Å²) in [4.78, 5) is 23.3. The molecule has 0 atom stereocenters. The highest BCUT2D eigenvalue weighted by atomic mass is 79.9. The molecule has 1 rings (SSSR count). The van der Waals surface area contributed by atoms with Gasteiger partial charge in [0.2, 0.25) is 0 Å². The highest BCUT2D eigenvalue weighted by Gasteiger charge is 2.31. The third-order valence-electron chi connectivity index (χ3n) is 2.32. The van der Waals surface area contributed by atoms with Crippen LogP contribution in [0, 0.1) is 5.82 Å². The summed E-state index contributed by atoms with van der Waals surface area (Å²) in [6.07, 6.45) is 0. The quantitative estimate of drug-likeness (QED) is 0.870. The summed E-state index contributed by atoms with van der Waals surface area (Å²) in [5.41, 5.74) is -1.36. The first-order valence-electron chi connectivity index (χ1n) is 5.14. The molecule has 1 aromatic rings. The number of halogens is 2. The monoisotopic (exact) mass is 317 g/mol. The van der Waals surface area contributed by atoms with E-state index >= 15 is 0 Å². The van der Waals surface area contributed by atoms with Crippen molar-refractivity contribution in [2.24, 2.45) is 0 Å². The standard InChI is InChI=1S/C12H13BrFNO3/c1-12(2,11(17)18-3)15-10(16)7-5-4-6-8(13)9(7)14/h4-6H,1-3H3,(H,15,16). The summed E-state index contributed by atoms with van der Waals surface area (Å²) in [5, 5.41) is 2.42. The number of esters is 1. The third-order valence-corrected chi connectivity index (χ3v) is 2.93. The summed E-state index contributed by atoms with van der Waals surface area (Å²) in [5.74, 6) is -1.95. The number of methoxy groups -OCH3 is 1. The smallest absolute Gasteiger partial charge is 0.330 e. The van der Waals surface area contributed by atoms with Crippen LogP contribution in [0.2, 0.25) is 0 Å². The summed E-state index contributed by atoms with van der Waals surface area (Å²) in [7, 11) is 1.22. The van der Waals surface area contributed by atoms with Gasteiger partial charge in [0, 0.05) is 0 Å². The van der Waals surface area contributed by atoms with Gasteiger partial charge in [-0.1, -0.05) is 6.07 Å². The Labute approximate surface area is 113 Å². The van der Waals surface area contributed by atoms with Crippen LogP contribution >= 0.6 is 15.9 Å². The molecule has 6 heteroatoms. The minimum atomic E-state index is -1.22. The predicted molar refractivity (Wildman–Crippen MR) is 67.7 cm³/mol. The zero-order chi connectivity index (χ0) is 13.9. The molecule has 0 heterocycles. The number of rotatable bonds is 3. The number of hydrogen-bond acceptors (Lipinski definition) is 3. The van der Waals surface area contributed by atoms with Crippen molar-refractivity contribution in [2.75, 3.05) is 7.11 Å². The van der Waals surface area contributed by atoms with Crippen molar-refractivity contribution in [3.05, 3.63) is 34.1 Å². The van der Waals surface area contributed by atoms with E-state index in [-0.39, 0.29) is 10.0 Å². The molecule has 0 aliphatic rings. The van der Waals surface area contributed by atoms with Crippen LogP contribution in [0.15, 0.2) is 22.7 Å². The van der Waals surface area contributed by atoms with E-state index in [4.69, 9.17) is 0 Å². The van der Waals surface area contributed by atoms with Crippen molar-refractivity contribution in [3.63, 3.8) is 0 Å². The van der Waals surface area contributed by atoms with E-state index in [2.05, 4.69) is 26.0 Å². The Balaban J connectivity index is 2.96. The van der Waals surface area contributed by atoms with Crippen LogP contribution in [0.4, 0.5) is 4.39 Å². The summed E-state index contributed by atoms with van der Waals surface area (Å²) >= 11 is 2.99. The van der Waals surface area contributed by atoms with E-state index in [9.17, 15) is 14.0 Å². The molecule has 1 aromatic carbocycles. The number of nitrogens with one attached hydrogen (secondary N) is 1. The fourth-order valence-electron chi connectivity index (χ4n) is 1.34. The predicted octanol–water partition coefficient (Wildman–Crippen LogP) is 2.27. The third kappa shape index (κ3) is 3.07. The second-order valence-corrected chi connectivity index (χ2v) is 5.03. The topological polar surface area (TPSA) is 55.4 Å². The maximum atomic E-state index is 13.7. The van der Waals surface area contributed by atoms with Gasteiger partial charge in [-0.2, -0.15) is 0 Å².